The topological polar surface area (TPSA) is 24.5 Å². The molecule has 1 unspecified atom stereocenters. The minimum absolute atomic E-state index is 0.671. The second kappa shape index (κ2) is 6.40. The van der Waals surface area contributed by atoms with Crippen molar-refractivity contribution in [3.63, 3.8) is 0 Å². The summed E-state index contributed by atoms with van der Waals surface area (Å²) >= 11 is 0. The highest BCUT2D eigenvalue weighted by molar-refractivity contribution is 5.41. The number of benzene rings is 1. The summed E-state index contributed by atoms with van der Waals surface area (Å²) in [7, 11) is 3.94. The molecule has 1 aromatic rings. The van der Waals surface area contributed by atoms with E-state index in [0.717, 1.165) is 18.8 Å². The van der Waals surface area contributed by atoms with Crippen LogP contribution in [-0.4, -0.2) is 38.2 Å². The molecule has 0 bridgehead atoms. The predicted octanol–water partition coefficient (Wildman–Crippen LogP) is 2.50. The van der Waals surface area contributed by atoms with Crippen molar-refractivity contribution in [3.8, 4) is 5.75 Å². The van der Waals surface area contributed by atoms with E-state index < -0.39 is 0 Å². The molecule has 0 amide bonds. The van der Waals surface area contributed by atoms with Crippen molar-refractivity contribution in [1.82, 2.24) is 10.2 Å². The average Bonchev–Trinajstić information content (AvgIpc) is 2.86. The first-order valence-corrected chi connectivity index (χ1v) is 7.16. The second-order valence-corrected chi connectivity index (χ2v) is 5.74. The van der Waals surface area contributed by atoms with Crippen LogP contribution >= 0.6 is 0 Å². The summed E-state index contributed by atoms with van der Waals surface area (Å²) in [5.41, 5.74) is 3.93. The number of hydrogen-bond donors (Lipinski definition) is 1. The van der Waals surface area contributed by atoms with Crippen LogP contribution in [0.25, 0.3) is 0 Å². The van der Waals surface area contributed by atoms with E-state index in [4.69, 9.17) is 4.74 Å². The Balaban J connectivity index is 1.99. The Morgan fingerprint density at radius 2 is 2.11 bits per heavy atom. The van der Waals surface area contributed by atoms with Gasteiger partial charge in [0.15, 0.2) is 0 Å². The van der Waals surface area contributed by atoms with Gasteiger partial charge in [-0.3, -0.25) is 0 Å². The zero-order valence-corrected chi connectivity index (χ0v) is 12.6. The van der Waals surface area contributed by atoms with Gasteiger partial charge in [-0.25, -0.2) is 0 Å². The van der Waals surface area contributed by atoms with Gasteiger partial charge in [0.2, 0.25) is 0 Å². The Hall–Kier alpha value is -1.06. The molecule has 1 saturated heterocycles. The lowest BCUT2D eigenvalue weighted by atomic mass is 10.0. The van der Waals surface area contributed by atoms with Crippen molar-refractivity contribution in [2.24, 2.45) is 0 Å². The Bertz CT molecular complexity index is 425. The highest BCUT2D eigenvalue weighted by atomic mass is 16.5. The lowest BCUT2D eigenvalue weighted by Crippen LogP contribution is -2.35. The van der Waals surface area contributed by atoms with Crippen LogP contribution in [0, 0.1) is 13.8 Å². The van der Waals surface area contributed by atoms with Gasteiger partial charge in [-0.2, -0.15) is 0 Å². The van der Waals surface area contributed by atoms with E-state index in [0.29, 0.717) is 6.04 Å². The molecule has 1 N–H and O–H groups in total. The van der Waals surface area contributed by atoms with Crippen LogP contribution in [0.5, 0.6) is 5.75 Å². The summed E-state index contributed by atoms with van der Waals surface area (Å²) in [6, 6.07) is 5.07. The molecule has 1 atom stereocenters. The molecule has 3 nitrogen and oxygen atoms in total. The van der Waals surface area contributed by atoms with Crippen molar-refractivity contribution >= 4 is 0 Å². The summed E-state index contributed by atoms with van der Waals surface area (Å²) in [5, 5.41) is 3.56. The highest BCUT2D eigenvalue weighted by Gasteiger charge is 2.16. The maximum atomic E-state index is 5.37. The third-order valence-corrected chi connectivity index (χ3v) is 3.99. The maximum absolute atomic E-state index is 5.37. The second-order valence-electron chi connectivity index (χ2n) is 5.74. The van der Waals surface area contributed by atoms with Gasteiger partial charge in [0.25, 0.3) is 0 Å². The van der Waals surface area contributed by atoms with Gasteiger partial charge in [0.05, 0.1) is 7.11 Å². The largest absolute Gasteiger partial charge is 0.496 e. The first-order chi connectivity index (χ1) is 9.10. The normalized spacial score (nSPS) is 19.1. The van der Waals surface area contributed by atoms with E-state index in [1.54, 1.807) is 7.11 Å². The minimum atomic E-state index is 0.671. The summed E-state index contributed by atoms with van der Waals surface area (Å²) in [5.74, 6) is 0.987. The zero-order valence-electron chi connectivity index (χ0n) is 12.6. The van der Waals surface area contributed by atoms with Crippen molar-refractivity contribution < 1.29 is 4.74 Å². The molecule has 0 aliphatic carbocycles. The number of likely N-dealkylation sites (N-methyl/N-ethyl adjacent to an activating group) is 1. The van der Waals surface area contributed by atoms with E-state index in [9.17, 15) is 0 Å². The summed E-state index contributed by atoms with van der Waals surface area (Å²) in [6.07, 6.45) is 2.63. The quantitative estimate of drug-likeness (QED) is 0.882. The number of nitrogens with one attached hydrogen (secondary N) is 1. The van der Waals surface area contributed by atoms with Crippen LogP contribution in [0.3, 0.4) is 0 Å². The van der Waals surface area contributed by atoms with Gasteiger partial charge in [-0.05, 0) is 63.0 Å². The lowest BCUT2D eigenvalue weighted by Gasteiger charge is -2.22. The Morgan fingerprint density at radius 1 is 1.32 bits per heavy atom. The fourth-order valence-electron chi connectivity index (χ4n) is 2.88. The molecule has 2 rings (SSSR count). The molecular formula is C16H26N2O. The standard InChI is InChI=1S/C16H26N2O/c1-12-9-16(19-4)13(2)8-14(12)10-18(3)11-15-6-5-7-17-15/h8-9,15,17H,5-7,10-11H2,1-4H3. The minimum Gasteiger partial charge on any atom is -0.496 e. The third kappa shape index (κ3) is 3.71. The molecule has 106 valence electrons. The predicted molar refractivity (Wildman–Crippen MR) is 79.8 cm³/mol. The van der Waals surface area contributed by atoms with E-state index in [2.05, 4.69) is 43.2 Å². The highest BCUT2D eigenvalue weighted by Crippen LogP contribution is 2.23. The van der Waals surface area contributed by atoms with Gasteiger partial charge < -0.3 is 15.0 Å². The van der Waals surface area contributed by atoms with Gasteiger partial charge >= 0.3 is 0 Å². The van der Waals surface area contributed by atoms with Crippen molar-refractivity contribution in [1.29, 1.82) is 0 Å². The Morgan fingerprint density at radius 3 is 2.74 bits per heavy atom. The molecular weight excluding hydrogens is 236 g/mol. The fourth-order valence-corrected chi connectivity index (χ4v) is 2.88. The van der Waals surface area contributed by atoms with Crippen LogP contribution in [-0.2, 0) is 6.54 Å². The van der Waals surface area contributed by atoms with Crippen LogP contribution in [0.15, 0.2) is 12.1 Å². The summed E-state index contributed by atoms with van der Waals surface area (Å²) in [6.45, 7) is 7.60. The summed E-state index contributed by atoms with van der Waals surface area (Å²) in [4.78, 5) is 2.41. The maximum Gasteiger partial charge on any atom is 0.122 e. The first-order valence-electron chi connectivity index (χ1n) is 7.16. The molecule has 1 heterocycles. The van der Waals surface area contributed by atoms with Crippen molar-refractivity contribution in [2.75, 3.05) is 27.2 Å². The number of methoxy groups -OCH3 is 1. The van der Waals surface area contributed by atoms with Crippen LogP contribution in [0.2, 0.25) is 0 Å². The molecule has 0 aromatic heterocycles. The average molecular weight is 262 g/mol. The van der Waals surface area contributed by atoms with Crippen LogP contribution < -0.4 is 10.1 Å². The molecule has 3 heteroatoms. The molecule has 0 radical (unpaired) electrons. The van der Waals surface area contributed by atoms with Crippen LogP contribution in [0.4, 0.5) is 0 Å². The van der Waals surface area contributed by atoms with E-state index in [1.807, 2.05) is 0 Å². The van der Waals surface area contributed by atoms with Gasteiger partial charge in [0.1, 0.15) is 5.75 Å². The monoisotopic (exact) mass is 262 g/mol. The molecule has 0 saturated carbocycles. The van der Waals surface area contributed by atoms with E-state index in [-0.39, 0.29) is 0 Å². The molecule has 1 fully saturated rings. The number of hydrogen-bond acceptors (Lipinski definition) is 3. The summed E-state index contributed by atoms with van der Waals surface area (Å²) < 4.78 is 5.37. The number of ether oxygens (including phenoxy) is 1. The number of aryl methyl sites for hydroxylation is 2. The van der Waals surface area contributed by atoms with Gasteiger partial charge in [-0.1, -0.05) is 6.07 Å². The van der Waals surface area contributed by atoms with Crippen molar-refractivity contribution in [3.05, 3.63) is 28.8 Å². The zero-order chi connectivity index (χ0) is 13.8. The Kier molecular flexibility index (Phi) is 4.83. The molecule has 19 heavy (non-hydrogen) atoms. The van der Waals surface area contributed by atoms with E-state index in [1.165, 1.54) is 36.1 Å². The molecule has 1 aliphatic rings. The third-order valence-electron chi connectivity index (χ3n) is 3.99. The molecule has 0 spiro atoms. The Labute approximate surface area is 116 Å². The number of nitrogens with zero attached hydrogens (tertiary/aromatic N) is 1. The van der Waals surface area contributed by atoms with Gasteiger partial charge in [0, 0.05) is 19.1 Å². The lowest BCUT2D eigenvalue weighted by molar-refractivity contribution is 0.292. The van der Waals surface area contributed by atoms with Crippen molar-refractivity contribution in [2.45, 2.75) is 39.3 Å². The molecule has 1 aromatic carbocycles. The number of rotatable bonds is 5. The first kappa shape index (κ1) is 14.4. The van der Waals surface area contributed by atoms with Crippen LogP contribution in [0.1, 0.15) is 29.5 Å². The van der Waals surface area contributed by atoms with Gasteiger partial charge in [-0.15, -0.1) is 0 Å². The van der Waals surface area contributed by atoms with E-state index >= 15 is 0 Å². The smallest absolute Gasteiger partial charge is 0.122 e. The molecule has 1 aliphatic heterocycles. The fraction of sp³-hybridized carbons (Fsp3) is 0.625. The SMILES string of the molecule is COc1cc(C)c(CN(C)CC2CCCN2)cc1C.